The molecule has 0 fully saturated rings. The smallest absolute Gasteiger partial charge is 0.156 e. The molecule has 14 heavy (non-hydrogen) atoms. The summed E-state index contributed by atoms with van der Waals surface area (Å²) in [7, 11) is 0. The minimum absolute atomic E-state index is 0.407. The number of pyridine rings is 1. The van der Waals surface area contributed by atoms with Gasteiger partial charge in [-0.25, -0.2) is 9.50 Å². The van der Waals surface area contributed by atoms with Gasteiger partial charge < -0.3 is 5.11 Å². The number of aliphatic hydroxyl groups excluding tert-OH is 1. The highest BCUT2D eigenvalue weighted by molar-refractivity contribution is 9.10. The average molecular weight is 256 g/mol. The van der Waals surface area contributed by atoms with Gasteiger partial charge >= 0.3 is 0 Å². The third kappa shape index (κ3) is 1.93. The fourth-order valence-corrected chi connectivity index (χ4v) is 1.58. The van der Waals surface area contributed by atoms with Gasteiger partial charge in [-0.2, -0.15) is 5.10 Å². The summed E-state index contributed by atoms with van der Waals surface area (Å²) in [6, 6.07) is 3.78. The predicted octanol–water partition coefficient (Wildman–Crippen LogP) is 1.42. The summed E-state index contributed by atoms with van der Waals surface area (Å²) < 4.78 is 2.67. The zero-order valence-electron chi connectivity index (χ0n) is 7.68. The molecule has 5 heteroatoms. The molecule has 2 aromatic rings. The fourth-order valence-electron chi connectivity index (χ4n) is 1.25. The van der Waals surface area contributed by atoms with Crippen LogP contribution in [0.25, 0.3) is 5.65 Å². The maximum absolute atomic E-state index is 9.19. The highest BCUT2D eigenvalue weighted by atomic mass is 79.9. The summed E-state index contributed by atoms with van der Waals surface area (Å²) >= 11 is 3.36. The second kappa shape index (κ2) is 3.67. The Labute approximate surface area is 89.7 Å². The van der Waals surface area contributed by atoms with Gasteiger partial charge in [0.25, 0.3) is 0 Å². The molecule has 74 valence electrons. The Balaban J connectivity index is 2.41. The number of hydrogen-bond donors (Lipinski definition) is 1. The predicted molar refractivity (Wildman–Crippen MR) is 56.1 cm³/mol. The molecule has 0 aromatic carbocycles. The molecule has 0 spiro atoms. The van der Waals surface area contributed by atoms with Crippen molar-refractivity contribution in [2.75, 3.05) is 0 Å². The van der Waals surface area contributed by atoms with E-state index < -0.39 is 6.10 Å². The number of halogens is 1. The van der Waals surface area contributed by atoms with Gasteiger partial charge in [-0.3, -0.25) is 0 Å². The third-order valence-electron chi connectivity index (χ3n) is 1.82. The molecule has 2 aromatic heterocycles. The molecule has 0 aliphatic carbocycles. The molecule has 0 saturated heterocycles. The molecule has 2 heterocycles. The number of aliphatic hydroxyl groups is 1. The Morgan fingerprint density at radius 3 is 3.14 bits per heavy atom. The van der Waals surface area contributed by atoms with Crippen molar-refractivity contribution in [3.8, 4) is 0 Å². The van der Waals surface area contributed by atoms with E-state index in [0.29, 0.717) is 12.2 Å². The standard InChI is InChI=1S/C9H10BrN3O/c1-6(14)4-8-11-9-5-7(10)2-3-13(9)12-8/h2-3,5-6,14H,4H2,1H3. The van der Waals surface area contributed by atoms with Crippen LogP contribution >= 0.6 is 15.9 Å². The van der Waals surface area contributed by atoms with Crippen LogP contribution in [0, 0.1) is 0 Å². The van der Waals surface area contributed by atoms with E-state index in [1.54, 1.807) is 11.4 Å². The SMILES string of the molecule is CC(O)Cc1nc2cc(Br)ccn2n1. The Morgan fingerprint density at radius 2 is 2.43 bits per heavy atom. The number of nitrogens with zero attached hydrogens (tertiary/aromatic N) is 3. The van der Waals surface area contributed by atoms with E-state index in [1.165, 1.54) is 0 Å². The zero-order chi connectivity index (χ0) is 10.1. The first kappa shape index (κ1) is 9.61. The van der Waals surface area contributed by atoms with Gasteiger partial charge in [-0.15, -0.1) is 0 Å². The van der Waals surface area contributed by atoms with Gasteiger partial charge in [-0.05, 0) is 19.1 Å². The minimum Gasteiger partial charge on any atom is -0.393 e. The molecule has 0 radical (unpaired) electrons. The molecule has 1 unspecified atom stereocenters. The van der Waals surface area contributed by atoms with Gasteiger partial charge in [0.2, 0.25) is 0 Å². The maximum atomic E-state index is 9.19. The number of rotatable bonds is 2. The number of hydrogen-bond acceptors (Lipinski definition) is 3. The highest BCUT2D eigenvalue weighted by Gasteiger charge is 2.06. The Bertz CT molecular complexity index is 452. The monoisotopic (exact) mass is 255 g/mol. The van der Waals surface area contributed by atoms with Crippen molar-refractivity contribution >= 4 is 21.6 Å². The topological polar surface area (TPSA) is 50.4 Å². The molecular formula is C9H10BrN3O. The van der Waals surface area contributed by atoms with Gasteiger partial charge in [-0.1, -0.05) is 15.9 Å². The van der Waals surface area contributed by atoms with Gasteiger partial charge in [0.1, 0.15) is 0 Å². The van der Waals surface area contributed by atoms with Crippen LogP contribution in [0.2, 0.25) is 0 Å². The van der Waals surface area contributed by atoms with Gasteiger partial charge in [0.15, 0.2) is 11.5 Å². The molecule has 0 aliphatic heterocycles. The first-order valence-electron chi connectivity index (χ1n) is 4.34. The van der Waals surface area contributed by atoms with Gasteiger partial charge in [0.05, 0.1) is 6.10 Å². The number of fused-ring (bicyclic) bond motifs is 1. The molecule has 0 aliphatic rings. The lowest BCUT2D eigenvalue weighted by Crippen LogP contribution is -2.05. The molecule has 0 bridgehead atoms. The van der Waals surface area contributed by atoms with Crippen molar-refractivity contribution in [2.24, 2.45) is 0 Å². The van der Waals surface area contributed by atoms with Crippen LogP contribution in [0.3, 0.4) is 0 Å². The Hall–Kier alpha value is -0.940. The number of aromatic nitrogens is 3. The van der Waals surface area contributed by atoms with Gasteiger partial charge in [0, 0.05) is 17.1 Å². The average Bonchev–Trinajstić information content (AvgIpc) is 2.44. The van der Waals surface area contributed by atoms with Crippen LogP contribution < -0.4 is 0 Å². The summed E-state index contributed by atoms with van der Waals surface area (Å²) in [5.41, 5.74) is 0.787. The largest absolute Gasteiger partial charge is 0.393 e. The summed E-state index contributed by atoms with van der Waals surface area (Å²) in [6.45, 7) is 1.72. The van der Waals surface area contributed by atoms with E-state index in [4.69, 9.17) is 0 Å². The first-order valence-corrected chi connectivity index (χ1v) is 5.13. The van der Waals surface area contributed by atoms with E-state index in [2.05, 4.69) is 26.0 Å². The van der Waals surface area contributed by atoms with E-state index in [0.717, 1.165) is 10.1 Å². The van der Waals surface area contributed by atoms with Crippen molar-refractivity contribution in [2.45, 2.75) is 19.4 Å². The molecule has 2 rings (SSSR count). The quantitative estimate of drug-likeness (QED) is 0.883. The Morgan fingerprint density at radius 1 is 1.64 bits per heavy atom. The first-order chi connectivity index (χ1) is 6.65. The third-order valence-corrected chi connectivity index (χ3v) is 2.31. The highest BCUT2D eigenvalue weighted by Crippen LogP contribution is 2.11. The summed E-state index contributed by atoms with van der Waals surface area (Å²) in [5.74, 6) is 0.665. The summed E-state index contributed by atoms with van der Waals surface area (Å²) in [5, 5.41) is 13.4. The summed E-state index contributed by atoms with van der Waals surface area (Å²) in [4.78, 5) is 4.28. The van der Waals surface area contributed by atoms with E-state index in [-0.39, 0.29) is 0 Å². The second-order valence-corrected chi connectivity index (χ2v) is 4.14. The van der Waals surface area contributed by atoms with E-state index in [1.807, 2.05) is 18.3 Å². The van der Waals surface area contributed by atoms with E-state index in [9.17, 15) is 5.11 Å². The second-order valence-electron chi connectivity index (χ2n) is 3.23. The van der Waals surface area contributed by atoms with Crippen molar-refractivity contribution in [1.82, 2.24) is 14.6 Å². The lowest BCUT2D eigenvalue weighted by Gasteiger charge is -1.96. The molecule has 1 atom stereocenters. The van der Waals surface area contributed by atoms with Crippen LogP contribution in [0.4, 0.5) is 0 Å². The van der Waals surface area contributed by atoms with Crippen LogP contribution in [-0.4, -0.2) is 25.8 Å². The fraction of sp³-hybridized carbons (Fsp3) is 0.333. The lowest BCUT2D eigenvalue weighted by atomic mass is 10.3. The van der Waals surface area contributed by atoms with Crippen molar-refractivity contribution in [1.29, 1.82) is 0 Å². The normalized spacial score (nSPS) is 13.4. The zero-order valence-corrected chi connectivity index (χ0v) is 9.27. The molecule has 0 amide bonds. The van der Waals surface area contributed by atoms with Crippen LogP contribution in [-0.2, 0) is 6.42 Å². The molecule has 0 saturated carbocycles. The molecule has 1 N–H and O–H groups in total. The Kier molecular flexibility index (Phi) is 2.52. The van der Waals surface area contributed by atoms with Crippen molar-refractivity contribution < 1.29 is 5.11 Å². The lowest BCUT2D eigenvalue weighted by molar-refractivity contribution is 0.193. The minimum atomic E-state index is -0.407. The van der Waals surface area contributed by atoms with Crippen LogP contribution in [0.15, 0.2) is 22.8 Å². The van der Waals surface area contributed by atoms with Crippen molar-refractivity contribution in [3.63, 3.8) is 0 Å². The maximum Gasteiger partial charge on any atom is 0.156 e. The van der Waals surface area contributed by atoms with E-state index >= 15 is 0 Å². The molecule has 4 nitrogen and oxygen atoms in total. The summed E-state index contributed by atoms with van der Waals surface area (Å²) in [6.07, 6.45) is 1.91. The van der Waals surface area contributed by atoms with Crippen LogP contribution in [0.5, 0.6) is 0 Å². The molecular weight excluding hydrogens is 246 g/mol. The van der Waals surface area contributed by atoms with Crippen LogP contribution in [0.1, 0.15) is 12.7 Å². The van der Waals surface area contributed by atoms with Crippen molar-refractivity contribution in [3.05, 3.63) is 28.6 Å².